The van der Waals surface area contributed by atoms with Gasteiger partial charge in [0, 0.05) is 4.90 Å². The van der Waals surface area contributed by atoms with Crippen LogP contribution in [-0.2, 0) is 0 Å². The third-order valence-corrected chi connectivity index (χ3v) is 3.72. The van der Waals surface area contributed by atoms with Gasteiger partial charge in [-0.15, -0.1) is 0 Å². The van der Waals surface area contributed by atoms with E-state index < -0.39 is 0 Å². The molecule has 2 aromatic rings. The van der Waals surface area contributed by atoms with Crippen LogP contribution in [0.15, 0.2) is 39.6 Å². The zero-order valence-corrected chi connectivity index (χ0v) is 9.77. The first-order valence-electron chi connectivity index (χ1n) is 4.31. The first-order valence-corrected chi connectivity index (χ1v) is 5.94. The van der Waals surface area contributed by atoms with Gasteiger partial charge in [-0.25, -0.2) is 4.98 Å². The molecular weight excluding hydrogens is 228 g/mol. The largest absolute Gasteiger partial charge is 0.497 e. The monoisotopic (exact) mass is 238 g/mol. The fourth-order valence-electron chi connectivity index (χ4n) is 1.08. The SMILES string of the molecule is COc1ccc(Sc2cnc(N)s2)cc1. The lowest BCUT2D eigenvalue weighted by atomic mass is 10.3. The van der Waals surface area contributed by atoms with Crippen LogP contribution in [-0.4, -0.2) is 12.1 Å². The zero-order chi connectivity index (χ0) is 10.7. The van der Waals surface area contributed by atoms with Crippen LogP contribution in [0.4, 0.5) is 5.13 Å². The Kier molecular flexibility index (Phi) is 3.13. The predicted octanol–water partition coefficient (Wildman–Crippen LogP) is 2.89. The van der Waals surface area contributed by atoms with Crippen LogP contribution in [0.2, 0.25) is 0 Å². The number of nitrogens with zero attached hydrogens (tertiary/aromatic N) is 1. The molecule has 0 aliphatic heterocycles. The molecule has 0 aliphatic carbocycles. The molecule has 0 atom stereocenters. The van der Waals surface area contributed by atoms with Crippen LogP contribution in [0.25, 0.3) is 0 Å². The van der Waals surface area contributed by atoms with E-state index in [1.54, 1.807) is 25.1 Å². The molecule has 1 aromatic carbocycles. The lowest BCUT2D eigenvalue weighted by molar-refractivity contribution is 0.414. The molecule has 0 fully saturated rings. The summed E-state index contributed by atoms with van der Waals surface area (Å²) in [6.07, 6.45) is 1.79. The van der Waals surface area contributed by atoms with Crippen molar-refractivity contribution >= 4 is 28.2 Å². The standard InChI is InChI=1S/C10H10N2OS2/c1-13-7-2-4-8(5-3-7)14-9-6-12-10(11)15-9/h2-6H,1H3,(H2,11,12). The summed E-state index contributed by atoms with van der Waals surface area (Å²) in [6.45, 7) is 0. The smallest absolute Gasteiger partial charge is 0.181 e. The van der Waals surface area contributed by atoms with Crippen molar-refractivity contribution in [2.24, 2.45) is 0 Å². The summed E-state index contributed by atoms with van der Waals surface area (Å²) in [5, 5.41) is 0.603. The molecule has 5 heteroatoms. The van der Waals surface area contributed by atoms with Gasteiger partial charge in [-0.2, -0.15) is 0 Å². The van der Waals surface area contributed by atoms with E-state index in [4.69, 9.17) is 10.5 Å². The first-order chi connectivity index (χ1) is 7.28. The van der Waals surface area contributed by atoms with Crippen LogP contribution in [0.5, 0.6) is 5.75 Å². The highest BCUT2D eigenvalue weighted by molar-refractivity contribution is 8.01. The maximum absolute atomic E-state index is 5.55. The normalized spacial score (nSPS) is 10.2. The minimum atomic E-state index is 0.603. The number of anilines is 1. The van der Waals surface area contributed by atoms with Gasteiger partial charge in [0.1, 0.15) is 5.75 Å². The molecular formula is C10H10N2OS2. The Bertz CT molecular complexity index is 439. The molecule has 0 aliphatic rings. The second-order valence-corrected chi connectivity index (χ2v) is 5.23. The second-order valence-electron chi connectivity index (χ2n) is 2.80. The third-order valence-electron chi connectivity index (χ3n) is 1.78. The minimum absolute atomic E-state index is 0.603. The van der Waals surface area contributed by atoms with Crippen molar-refractivity contribution in [3.63, 3.8) is 0 Å². The Labute approximate surface area is 96.3 Å². The number of nitrogens with two attached hydrogens (primary N) is 1. The Morgan fingerprint density at radius 2 is 2.07 bits per heavy atom. The van der Waals surface area contributed by atoms with E-state index in [9.17, 15) is 0 Å². The van der Waals surface area contributed by atoms with Gasteiger partial charge in [0.2, 0.25) is 0 Å². The van der Waals surface area contributed by atoms with Gasteiger partial charge in [0.25, 0.3) is 0 Å². The number of thiazole rings is 1. The van der Waals surface area contributed by atoms with Gasteiger partial charge >= 0.3 is 0 Å². The highest BCUT2D eigenvalue weighted by Crippen LogP contribution is 2.33. The quantitative estimate of drug-likeness (QED) is 0.893. The predicted molar refractivity (Wildman–Crippen MR) is 63.6 cm³/mol. The number of hydrogen-bond donors (Lipinski definition) is 1. The molecule has 1 heterocycles. The van der Waals surface area contributed by atoms with Crippen molar-refractivity contribution in [2.75, 3.05) is 12.8 Å². The van der Waals surface area contributed by atoms with E-state index in [1.165, 1.54) is 11.3 Å². The van der Waals surface area contributed by atoms with E-state index in [0.29, 0.717) is 5.13 Å². The van der Waals surface area contributed by atoms with Crippen LogP contribution >= 0.6 is 23.1 Å². The summed E-state index contributed by atoms with van der Waals surface area (Å²) in [5.41, 5.74) is 5.55. The summed E-state index contributed by atoms with van der Waals surface area (Å²) < 4.78 is 6.18. The molecule has 0 spiro atoms. The second kappa shape index (κ2) is 4.55. The molecule has 15 heavy (non-hydrogen) atoms. The Morgan fingerprint density at radius 1 is 1.33 bits per heavy atom. The van der Waals surface area contributed by atoms with E-state index in [2.05, 4.69) is 4.98 Å². The maximum atomic E-state index is 5.55. The van der Waals surface area contributed by atoms with Crippen LogP contribution in [0.1, 0.15) is 0 Å². The highest BCUT2D eigenvalue weighted by Gasteiger charge is 2.01. The molecule has 2 rings (SSSR count). The van der Waals surface area contributed by atoms with E-state index in [1.807, 2.05) is 24.3 Å². The summed E-state index contributed by atoms with van der Waals surface area (Å²) in [4.78, 5) is 5.15. The molecule has 0 bridgehead atoms. The Hall–Kier alpha value is -1.20. The number of ether oxygens (including phenoxy) is 1. The van der Waals surface area contributed by atoms with Crippen molar-refractivity contribution in [1.82, 2.24) is 4.98 Å². The average Bonchev–Trinajstić information content (AvgIpc) is 2.65. The molecule has 0 saturated heterocycles. The Balaban J connectivity index is 2.11. The van der Waals surface area contributed by atoms with Gasteiger partial charge in [-0.1, -0.05) is 23.1 Å². The molecule has 0 amide bonds. The lowest BCUT2D eigenvalue weighted by Gasteiger charge is -2.00. The molecule has 0 radical (unpaired) electrons. The zero-order valence-electron chi connectivity index (χ0n) is 8.14. The summed E-state index contributed by atoms with van der Waals surface area (Å²) in [6, 6.07) is 7.90. The topological polar surface area (TPSA) is 48.1 Å². The number of methoxy groups -OCH3 is 1. The van der Waals surface area contributed by atoms with Crippen molar-refractivity contribution in [2.45, 2.75) is 9.10 Å². The van der Waals surface area contributed by atoms with Crippen molar-refractivity contribution in [3.05, 3.63) is 30.5 Å². The number of rotatable bonds is 3. The van der Waals surface area contributed by atoms with Crippen LogP contribution < -0.4 is 10.5 Å². The summed E-state index contributed by atoms with van der Waals surface area (Å²) >= 11 is 3.14. The van der Waals surface area contributed by atoms with Gasteiger partial charge in [-0.3, -0.25) is 0 Å². The van der Waals surface area contributed by atoms with Crippen molar-refractivity contribution < 1.29 is 4.74 Å². The maximum Gasteiger partial charge on any atom is 0.181 e. The van der Waals surface area contributed by atoms with E-state index in [0.717, 1.165) is 14.9 Å². The fraction of sp³-hybridized carbons (Fsp3) is 0.100. The summed E-state index contributed by atoms with van der Waals surface area (Å²) in [5.74, 6) is 0.864. The number of nitrogen functional groups attached to an aromatic ring is 1. The Morgan fingerprint density at radius 3 is 2.60 bits per heavy atom. The third kappa shape index (κ3) is 2.64. The molecule has 2 N–H and O–H groups in total. The van der Waals surface area contributed by atoms with E-state index >= 15 is 0 Å². The summed E-state index contributed by atoms with van der Waals surface area (Å²) in [7, 11) is 1.66. The molecule has 78 valence electrons. The first kappa shape index (κ1) is 10.3. The number of aromatic nitrogens is 1. The van der Waals surface area contributed by atoms with Crippen molar-refractivity contribution in [1.29, 1.82) is 0 Å². The number of hydrogen-bond acceptors (Lipinski definition) is 5. The van der Waals surface area contributed by atoms with Gasteiger partial charge in [-0.05, 0) is 24.3 Å². The fourth-order valence-corrected chi connectivity index (χ4v) is 2.82. The minimum Gasteiger partial charge on any atom is -0.497 e. The molecule has 0 unspecified atom stereocenters. The molecule has 1 aromatic heterocycles. The molecule has 3 nitrogen and oxygen atoms in total. The van der Waals surface area contributed by atoms with Gasteiger partial charge < -0.3 is 10.5 Å². The lowest BCUT2D eigenvalue weighted by Crippen LogP contribution is -1.80. The number of benzene rings is 1. The van der Waals surface area contributed by atoms with E-state index in [-0.39, 0.29) is 0 Å². The van der Waals surface area contributed by atoms with Gasteiger partial charge in [0.05, 0.1) is 17.5 Å². The molecule has 0 saturated carbocycles. The van der Waals surface area contributed by atoms with Crippen LogP contribution in [0, 0.1) is 0 Å². The highest BCUT2D eigenvalue weighted by atomic mass is 32.2. The van der Waals surface area contributed by atoms with Crippen LogP contribution in [0.3, 0.4) is 0 Å². The van der Waals surface area contributed by atoms with Crippen molar-refractivity contribution in [3.8, 4) is 5.75 Å². The average molecular weight is 238 g/mol. The van der Waals surface area contributed by atoms with Gasteiger partial charge in [0.15, 0.2) is 5.13 Å².